The number of hydrogen-bond acceptors (Lipinski definition) is 9. The molecule has 0 atom stereocenters. The van der Waals surface area contributed by atoms with Gasteiger partial charge >= 0.3 is 0 Å². The van der Waals surface area contributed by atoms with Crippen LogP contribution in [-0.2, 0) is 0 Å². The van der Waals surface area contributed by atoms with Gasteiger partial charge in [-0.15, -0.1) is 0 Å². The Morgan fingerprint density at radius 1 is 1.13 bits per heavy atom. The van der Waals surface area contributed by atoms with Crippen LogP contribution in [0.4, 0.5) is 11.9 Å². The van der Waals surface area contributed by atoms with Crippen LogP contribution in [0.1, 0.15) is 0 Å². The minimum absolute atomic E-state index is 0.0638. The van der Waals surface area contributed by atoms with E-state index in [1.54, 1.807) is 4.68 Å². The lowest BCUT2D eigenvalue weighted by Crippen LogP contribution is -2.19. The first kappa shape index (κ1) is 13.7. The van der Waals surface area contributed by atoms with Crippen LogP contribution in [0.3, 0.4) is 0 Å². The summed E-state index contributed by atoms with van der Waals surface area (Å²) in [5.41, 5.74) is 12.2. The highest BCUT2D eigenvalue weighted by molar-refractivity contribution is 7.78. The molecule has 0 radical (unpaired) electrons. The number of nitrogens with zero attached hydrogens (tertiary/aromatic N) is 7. The van der Waals surface area contributed by atoms with Crippen LogP contribution >= 0.6 is 25.0 Å². The first-order valence-electron chi connectivity index (χ1n) is 6.15. The van der Waals surface area contributed by atoms with Crippen molar-refractivity contribution >= 4 is 59.3 Å². The molecule has 4 rings (SSSR count). The van der Waals surface area contributed by atoms with Crippen LogP contribution in [0.25, 0.3) is 22.3 Å². The van der Waals surface area contributed by atoms with Gasteiger partial charge < -0.3 is 16.5 Å². The van der Waals surface area contributed by atoms with Gasteiger partial charge in [0.2, 0.25) is 11.9 Å². The number of aromatic amines is 1. The van der Waals surface area contributed by atoms with Gasteiger partial charge in [0.1, 0.15) is 18.2 Å². The molecule has 23 heavy (non-hydrogen) atoms. The fourth-order valence-corrected chi connectivity index (χ4v) is 2.58. The largest absolute Gasteiger partial charge is 0.369 e. The minimum atomic E-state index is -0.479. The highest BCUT2D eigenvalue weighted by atomic mass is 32.1. The number of nitrogen functional groups attached to an aromatic ring is 2. The zero-order valence-corrected chi connectivity index (χ0v) is 12.9. The van der Waals surface area contributed by atoms with Crippen molar-refractivity contribution in [1.29, 1.82) is 0 Å². The summed E-state index contributed by atoms with van der Waals surface area (Å²) in [6, 6.07) is 0. The molecule has 0 saturated carbocycles. The number of nitrogens with two attached hydrogens (primary N) is 2. The van der Waals surface area contributed by atoms with Crippen molar-refractivity contribution in [3.63, 3.8) is 0 Å². The Bertz CT molecular complexity index is 1200. The van der Waals surface area contributed by atoms with Crippen LogP contribution in [0, 0.1) is 4.64 Å². The second-order valence-corrected chi connectivity index (χ2v) is 5.35. The molecule has 4 aromatic rings. The Labute approximate surface area is 137 Å². The molecule has 0 bridgehead atoms. The van der Waals surface area contributed by atoms with Crippen molar-refractivity contribution in [1.82, 2.24) is 38.2 Å². The Hall–Kier alpha value is -2.93. The van der Waals surface area contributed by atoms with Gasteiger partial charge in [-0.25, -0.2) is 28.3 Å². The molecule has 5 N–H and O–H groups in total. The normalized spacial score (nSPS) is 11.5. The topological polar surface area (TPSA) is 151 Å². The predicted octanol–water partition coefficient (Wildman–Crippen LogP) is -0.436. The standard InChI is InChI=1S/C10H8N10OS2/c11-9-15-5-3(7(22)17-9)13-1-18(5)19-2-14-4-6(19)16-10(12)20(23)8(4)21/h1-2,23H,(H2,12,16)(H3,11,15,17,22). The zero-order valence-electron chi connectivity index (χ0n) is 11.2. The molecule has 0 amide bonds. The van der Waals surface area contributed by atoms with Crippen LogP contribution in [0.2, 0.25) is 0 Å². The maximum Gasteiger partial charge on any atom is 0.293 e. The summed E-state index contributed by atoms with van der Waals surface area (Å²) >= 11 is 9.09. The molecule has 0 fully saturated rings. The van der Waals surface area contributed by atoms with Crippen molar-refractivity contribution < 1.29 is 0 Å². The third-order valence-corrected chi connectivity index (χ3v) is 3.88. The van der Waals surface area contributed by atoms with E-state index in [-0.39, 0.29) is 27.7 Å². The van der Waals surface area contributed by atoms with Gasteiger partial charge in [-0.3, -0.25) is 4.79 Å². The molecule has 11 nitrogen and oxygen atoms in total. The van der Waals surface area contributed by atoms with E-state index >= 15 is 0 Å². The Kier molecular flexibility index (Phi) is 2.70. The van der Waals surface area contributed by atoms with E-state index in [9.17, 15) is 4.79 Å². The molecule has 116 valence electrons. The number of nitrogens with one attached hydrogen (secondary N) is 1. The predicted molar refractivity (Wildman–Crippen MR) is 88.5 cm³/mol. The van der Waals surface area contributed by atoms with Crippen LogP contribution in [0.15, 0.2) is 17.4 Å². The second kappa shape index (κ2) is 4.53. The summed E-state index contributed by atoms with van der Waals surface area (Å²) in [5.74, 6) is 0.0741. The maximum atomic E-state index is 12.1. The number of anilines is 2. The fraction of sp³-hybridized carbons (Fsp3) is 0. The van der Waals surface area contributed by atoms with Gasteiger partial charge in [0.15, 0.2) is 21.5 Å². The molecule has 0 aliphatic carbocycles. The zero-order chi connectivity index (χ0) is 16.3. The minimum Gasteiger partial charge on any atom is -0.369 e. The number of aromatic nitrogens is 8. The number of fused-ring (bicyclic) bond motifs is 2. The molecule has 4 aromatic heterocycles. The first-order valence-corrected chi connectivity index (χ1v) is 6.96. The summed E-state index contributed by atoms with van der Waals surface area (Å²) in [7, 11) is 0. The van der Waals surface area contributed by atoms with E-state index in [2.05, 4.69) is 37.7 Å². The summed E-state index contributed by atoms with van der Waals surface area (Å²) in [4.78, 5) is 31.3. The summed E-state index contributed by atoms with van der Waals surface area (Å²) < 4.78 is 4.21. The molecule has 0 unspecified atom stereocenters. The lowest BCUT2D eigenvalue weighted by molar-refractivity contribution is 0.688. The number of H-pyrrole nitrogens is 1. The summed E-state index contributed by atoms with van der Waals surface area (Å²) in [5, 5.41) is 0. The third kappa shape index (κ3) is 1.83. The molecule has 0 saturated heterocycles. The van der Waals surface area contributed by atoms with E-state index in [4.69, 9.17) is 23.7 Å². The average molecular weight is 348 g/mol. The lowest BCUT2D eigenvalue weighted by atomic mass is 10.5. The van der Waals surface area contributed by atoms with Gasteiger partial charge in [0.25, 0.3) is 5.56 Å². The molecule has 4 heterocycles. The van der Waals surface area contributed by atoms with E-state index in [0.29, 0.717) is 11.2 Å². The molecule has 0 aliphatic heterocycles. The molecule has 0 aliphatic rings. The lowest BCUT2D eigenvalue weighted by Gasteiger charge is -2.07. The van der Waals surface area contributed by atoms with Gasteiger partial charge in [0.05, 0.1) is 0 Å². The van der Waals surface area contributed by atoms with Gasteiger partial charge in [-0.2, -0.15) is 4.98 Å². The second-order valence-electron chi connectivity index (χ2n) is 4.56. The van der Waals surface area contributed by atoms with Crippen LogP contribution in [0.5, 0.6) is 0 Å². The maximum absolute atomic E-state index is 12.1. The molecular formula is C10H8N10OS2. The Morgan fingerprint density at radius 2 is 1.83 bits per heavy atom. The smallest absolute Gasteiger partial charge is 0.293 e. The molecular weight excluding hydrogens is 340 g/mol. The van der Waals surface area contributed by atoms with Crippen molar-refractivity contribution in [2.24, 2.45) is 0 Å². The Balaban J connectivity index is 2.12. The number of thiol groups is 1. The summed E-state index contributed by atoms with van der Waals surface area (Å²) in [6.07, 6.45) is 2.88. The average Bonchev–Trinajstić information content (AvgIpc) is 3.08. The number of hydrogen-bond donors (Lipinski definition) is 4. The first-order chi connectivity index (χ1) is 11.0. The van der Waals surface area contributed by atoms with E-state index in [0.717, 1.165) is 3.97 Å². The molecule has 0 spiro atoms. The highest BCUT2D eigenvalue weighted by Crippen LogP contribution is 2.16. The van der Waals surface area contributed by atoms with E-state index in [1.807, 2.05) is 0 Å². The SMILES string of the molecule is Nc1nc(=S)c2ncn(-n3cnc4c(=O)n(S)c(N)nc43)c2[nH]1. The van der Waals surface area contributed by atoms with Gasteiger partial charge in [-0.05, 0) is 0 Å². The van der Waals surface area contributed by atoms with Crippen molar-refractivity contribution in [2.45, 2.75) is 0 Å². The molecule has 0 aromatic carbocycles. The van der Waals surface area contributed by atoms with Crippen LogP contribution in [-0.4, -0.2) is 38.2 Å². The fourth-order valence-electron chi connectivity index (χ4n) is 2.19. The monoisotopic (exact) mass is 348 g/mol. The molecule has 13 heteroatoms. The number of imidazole rings is 2. The van der Waals surface area contributed by atoms with E-state index in [1.165, 1.54) is 17.3 Å². The number of rotatable bonds is 1. The van der Waals surface area contributed by atoms with Crippen LogP contribution < -0.4 is 17.0 Å². The highest BCUT2D eigenvalue weighted by Gasteiger charge is 2.16. The Morgan fingerprint density at radius 3 is 2.61 bits per heavy atom. The van der Waals surface area contributed by atoms with Gasteiger partial charge in [0, 0.05) is 0 Å². The van der Waals surface area contributed by atoms with Crippen molar-refractivity contribution in [2.75, 3.05) is 11.5 Å². The van der Waals surface area contributed by atoms with Crippen molar-refractivity contribution in [3.8, 4) is 0 Å². The van der Waals surface area contributed by atoms with E-state index < -0.39 is 5.56 Å². The summed E-state index contributed by atoms with van der Waals surface area (Å²) in [6.45, 7) is 0. The van der Waals surface area contributed by atoms with Gasteiger partial charge in [-0.1, -0.05) is 25.0 Å². The van der Waals surface area contributed by atoms with Crippen molar-refractivity contribution in [3.05, 3.63) is 27.6 Å². The quantitative estimate of drug-likeness (QED) is 0.267. The third-order valence-electron chi connectivity index (χ3n) is 3.21.